The third-order valence-corrected chi connectivity index (χ3v) is 1.71. The van der Waals surface area contributed by atoms with Gasteiger partial charge in [-0.1, -0.05) is 0 Å². The summed E-state index contributed by atoms with van der Waals surface area (Å²) in [6.07, 6.45) is -2.46. The van der Waals surface area contributed by atoms with Crippen LogP contribution in [0.3, 0.4) is 0 Å². The number of rotatable bonds is 7. The Bertz CT molecular complexity index is 172. The molecule has 0 aliphatic carbocycles. The molecule has 1 N–H and O–H groups in total. The summed E-state index contributed by atoms with van der Waals surface area (Å²) in [6.45, 7) is 1.09. The molecule has 0 amide bonds. The van der Waals surface area contributed by atoms with Crippen molar-refractivity contribution in [1.29, 1.82) is 5.26 Å². The Morgan fingerprint density at radius 3 is 2.29 bits per heavy atom. The van der Waals surface area contributed by atoms with Gasteiger partial charge in [-0.15, -0.1) is 0 Å². The second-order valence-corrected chi connectivity index (χ2v) is 3.08. The van der Waals surface area contributed by atoms with Crippen LogP contribution in [0, 0.1) is 11.3 Å². The first-order valence-electron chi connectivity index (χ1n) is 4.70. The predicted molar refractivity (Wildman–Crippen MR) is 47.6 cm³/mol. The van der Waals surface area contributed by atoms with Crippen LogP contribution in [0.4, 0.5) is 13.2 Å². The fraction of sp³-hybridized carbons (Fsp3) is 0.889. The van der Waals surface area contributed by atoms with E-state index in [1.54, 1.807) is 0 Å². The number of hydrogen-bond acceptors (Lipinski definition) is 2. The number of nitrogens with one attached hydrogen (secondary N) is 1. The van der Waals surface area contributed by atoms with Crippen molar-refractivity contribution in [3.05, 3.63) is 0 Å². The number of unbranched alkanes of at least 4 members (excludes halogenated alkanes) is 2. The molecule has 0 aromatic heterocycles. The number of nitriles is 1. The van der Waals surface area contributed by atoms with Crippen LogP contribution >= 0.6 is 0 Å². The van der Waals surface area contributed by atoms with Crippen LogP contribution in [-0.2, 0) is 0 Å². The van der Waals surface area contributed by atoms with Gasteiger partial charge in [0.05, 0.1) is 6.07 Å². The second kappa shape index (κ2) is 7.63. The van der Waals surface area contributed by atoms with E-state index in [1.165, 1.54) is 0 Å². The molecule has 14 heavy (non-hydrogen) atoms. The maximum absolute atomic E-state index is 11.7. The highest BCUT2D eigenvalue weighted by atomic mass is 19.4. The van der Waals surface area contributed by atoms with Crippen molar-refractivity contribution in [2.75, 3.05) is 13.1 Å². The van der Waals surface area contributed by atoms with Gasteiger partial charge in [0.2, 0.25) is 0 Å². The lowest BCUT2D eigenvalue weighted by Crippen LogP contribution is -2.19. The van der Waals surface area contributed by atoms with Gasteiger partial charge < -0.3 is 5.32 Å². The summed E-state index contributed by atoms with van der Waals surface area (Å²) in [5.41, 5.74) is 0. The minimum atomic E-state index is -4.04. The van der Waals surface area contributed by atoms with E-state index in [4.69, 9.17) is 5.26 Å². The van der Waals surface area contributed by atoms with Crippen LogP contribution < -0.4 is 5.32 Å². The molecule has 0 spiro atoms. The summed E-state index contributed by atoms with van der Waals surface area (Å²) in [4.78, 5) is 0. The molecule has 0 aliphatic rings. The topological polar surface area (TPSA) is 35.8 Å². The van der Waals surface area contributed by atoms with Crippen LogP contribution in [0.5, 0.6) is 0 Å². The molecule has 0 unspecified atom stereocenters. The molecule has 0 saturated carbocycles. The average molecular weight is 208 g/mol. The van der Waals surface area contributed by atoms with E-state index < -0.39 is 12.6 Å². The fourth-order valence-electron chi connectivity index (χ4n) is 0.993. The zero-order chi connectivity index (χ0) is 10.9. The van der Waals surface area contributed by atoms with Crippen molar-refractivity contribution in [2.45, 2.75) is 38.3 Å². The van der Waals surface area contributed by atoms with Crippen molar-refractivity contribution in [1.82, 2.24) is 5.32 Å². The smallest absolute Gasteiger partial charge is 0.317 e. The van der Waals surface area contributed by atoms with Gasteiger partial charge >= 0.3 is 6.18 Å². The van der Waals surface area contributed by atoms with Crippen LogP contribution in [0.15, 0.2) is 0 Å². The summed E-state index contributed by atoms with van der Waals surface area (Å²) in [7, 11) is 0. The Balaban J connectivity index is 3.04. The number of alkyl halides is 3. The largest absolute Gasteiger partial charge is 0.389 e. The van der Waals surface area contributed by atoms with Crippen LogP contribution in [0.1, 0.15) is 32.1 Å². The third-order valence-electron chi connectivity index (χ3n) is 1.71. The van der Waals surface area contributed by atoms with Gasteiger partial charge in [-0.2, -0.15) is 18.4 Å². The van der Waals surface area contributed by atoms with Gasteiger partial charge in [0.1, 0.15) is 0 Å². The zero-order valence-electron chi connectivity index (χ0n) is 8.03. The van der Waals surface area contributed by atoms with Crippen molar-refractivity contribution >= 4 is 0 Å². The maximum Gasteiger partial charge on any atom is 0.389 e. The van der Waals surface area contributed by atoms with Gasteiger partial charge in [-0.3, -0.25) is 0 Å². The van der Waals surface area contributed by atoms with Crippen molar-refractivity contribution in [3.8, 4) is 6.07 Å². The van der Waals surface area contributed by atoms with Gasteiger partial charge in [0.15, 0.2) is 0 Å². The highest BCUT2D eigenvalue weighted by Crippen LogP contribution is 2.20. The SMILES string of the molecule is N#CCCCCNCCCC(F)(F)F. The molecule has 0 bridgehead atoms. The lowest BCUT2D eigenvalue weighted by Gasteiger charge is -2.06. The van der Waals surface area contributed by atoms with Crippen LogP contribution in [0.25, 0.3) is 0 Å². The molecule has 0 aliphatic heterocycles. The molecule has 0 atom stereocenters. The molecule has 0 aromatic rings. The molecule has 0 radical (unpaired) electrons. The molecular formula is C9H15F3N2. The Labute approximate surface area is 82.1 Å². The molecule has 0 heterocycles. The Morgan fingerprint density at radius 1 is 1.07 bits per heavy atom. The summed E-state index contributed by atoms with van der Waals surface area (Å²) in [6, 6.07) is 2.01. The van der Waals surface area contributed by atoms with E-state index >= 15 is 0 Å². The summed E-state index contributed by atoms with van der Waals surface area (Å²) in [5, 5.41) is 11.1. The molecule has 0 fully saturated rings. The molecule has 0 saturated heterocycles. The molecule has 82 valence electrons. The number of nitrogens with zero attached hydrogens (tertiary/aromatic N) is 1. The lowest BCUT2D eigenvalue weighted by molar-refractivity contribution is -0.135. The highest BCUT2D eigenvalue weighted by Gasteiger charge is 2.25. The van der Waals surface area contributed by atoms with Crippen molar-refractivity contribution in [2.24, 2.45) is 0 Å². The highest BCUT2D eigenvalue weighted by molar-refractivity contribution is 4.68. The Morgan fingerprint density at radius 2 is 1.71 bits per heavy atom. The summed E-state index contributed by atoms with van der Waals surface area (Å²) in [5.74, 6) is 0. The zero-order valence-corrected chi connectivity index (χ0v) is 8.03. The van der Waals surface area contributed by atoms with Crippen LogP contribution in [0.2, 0.25) is 0 Å². The van der Waals surface area contributed by atoms with E-state index in [2.05, 4.69) is 5.32 Å². The first-order valence-corrected chi connectivity index (χ1v) is 4.70. The van der Waals surface area contributed by atoms with E-state index in [0.29, 0.717) is 19.5 Å². The van der Waals surface area contributed by atoms with Crippen molar-refractivity contribution < 1.29 is 13.2 Å². The van der Waals surface area contributed by atoms with E-state index in [1.807, 2.05) is 6.07 Å². The van der Waals surface area contributed by atoms with E-state index in [-0.39, 0.29) is 6.42 Å². The summed E-state index contributed by atoms with van der Waals surface area (Å²) < 4.78 is 35.0. The Hall–Kier alpha value is -0.760. The van der Waals surface area contributed by atoms with E-state index in [0.717, 1.165) is 12.8 Å². The standard InChI is InChI=1S/C9H15F3N2/c10-9(11,12)5-4-8-14-7-3-1-2-6-13/h14H,1-5,7-8H2. The Kier molecular flexibility index (Phi) is 7.21. The van der Waals surface area contributed by atoms with E-state index in [9.17, 15) is 13.2 Å². The van der Waals surface area contributed by atoms with Gasteiger partial charge in [0, 0.05) is 12.8 Å². The quantitative estimate of drug-likeness (QED) is 0.653. The summed E-state index contributed by atoms with van der Waals surface area (Å²) >= 11 is 0. The fourth-order valence-corrected chi connectivity index (χ4v) is 0.993. The minimum absolute atomic E-state index is 0.127. The average Bonchev–Trinajstić information content (AvgIpc) is 2.08. The number of hydrogen-bond donors (Lipinski definition) is 1. The first kappa shape index (κ1) is 13.2. The minimum Gasteiger partial charge on any atom is -0.317 e. The lowest BCUT2D eigenvalue weighted by atomic mass is 10.2. The monoisotopic (exact) mass is 208 g/mol. The number of halogens is 3. The predicted octanol–water partition coefficient (Wildman–Crippen LogP) is 2.61. The molecule has 5 heteroatoms. The first-order chi connectivity index (χ1) is 6.56. The normalized spacial score (nSPS) is 11.3. The van der Waals surface area contributed by atoms with Crippen LogP contribution in [-0.4, -0.2) is 19.3 Å². The van der Waals surface area contributed by atoms with Crippen molar-refractivity contribution in [3.63, 3.8) is 0 Å². The molecular weight excluding hydrogens is 193 g/mol. The molecule has 0 rings (SSSR count). The third kappa shape index (κ3) is 11.2. The van der Waals surface area contributed by atoms with Gasteiger partial charge in [-0.05, 0) is 32.4 Å². The maximum atomic E-state index is 11.7. The molecule has 2 nitrogen and oxygen atoms in total. The van der Waals surface area contributed by atoms with Gasteiger partial charge in [-0.25, -0.2) is 0 Å². The molecule has 0 aromatic carbocycles. The van der Waals surface area contributed by atoms with Gasteiger partial charge in [0.25, 0.3) is 0 Å². The second-order valence-electron chi connectivity index (χ2n) is 3.08.